The number of carbonyl (C=O) groups is 1. The zero-order valence-electron chi connectivity index (χ0n) is 10.7. The molecule has 0 aromatic heterocycles. The molecule has 16 heavy (non-hydrogen) atoms. The van der Waals surface area contributed by atoms with Gasteiger partial charge in [-0.05, 0) is 31.2 Å². The second-order valence-corrected chi connectivity index (χ2v) is 4.98. The van der Waals surface area contributed by atoms with Gasteiger partial charge < -0.3 is 10.6 Å². The first-order valence-corrected chi connectivity index (χ1v) is 6.67. The standard InChI is InChI=1S/C13H26N2O/c1-3-12-4-6-13(7-5-12)10-14-8-9-15-11(2)16/h12-14H,3-10H2,1-2H3,(H,15,16). The van der Waals surface area contributed by atoms with Crippen LogP contribution in [0.3, 0.4) is 0 Å². The van der Waals surface area contributed by atoms with Gasteiger partial charge in [0.1, 0.15) is 0 Å². The molecule has 0 heterocycles. The first kappa shape index (κ1) is 13.5. The minimum Gasteiger partial charge on any atom is -0.355 e. The van der Waals surface area contributed by atoms with Crippen LogP contribution in [-0.2, 0) is 4.79 Å². The highest BCUT2D eigenvalue weighted by Gasteiger charge is 2.19. The van der Waals surface area contributed by atoms with Crippen LogP contribution in [0.4, 0.5) is 0 Å². The smallest absolute Gasteiger partial charge is 0.216 e. The van der Waals surface area contributed by atoms with Crippen LogP contribution in [-0.4, -0.2) is 25.5 Å². The summed E-state index contributed by atoms with van der Waals surface area (Å²) in [6.45, 7) is 6.63. The van der Waals surface area contributed by atoms with Gasteiger partial charge in [0, 0.05) is 20.0 Å². The molecule has 0 spiro atoms. The van der Waals surface area contributed by atoms with E-state index in [1.807, 2.05) is 0 Å². The van der Waals surface area contributed by atoms with Gasteiger partial charge >= 0.3 is 0 Å². The molecule has 0 aromatic rings. The molecule has 1 aliphatic rings. The maximum Gasteiger partial charge on any atom is 0.216 e. The first-order valence-electron chi connectivity index (χ1n) is 6.67. The molecule has 1 aliphatic carbocycles. The van der Waals surface area contributed by atoms with Crippen molar-refractivity contribution in [3.05, 3.63) is 0 Å². The van der Waals surface area contributed by atoms with Crippen LogP contribution in [0.15, 0.2) is 0 Å². The lowest BCUT2D eigenvalue weighted by atomic mass is 9.81. The molecule has 94 valence electrons. The van der Waals surface area contributed by atoms with Crippen molar-refractivity contribution in [3.63, 3.8) is 0 Å². The summed E-state index contributed by atoms with van der Waals surface area (Å²) in [7, 11) is 0. The van der Waals surface area contributed by atoms with E-state index in [1.165, 1.54) is 32.1 Å². The number of nitrogens with one attached hydrogen (secondary N) is 2. The topological polar surface area (TPSA) is 41.1 Å². The number of hydrogen-bond donors (Lipinski definition) is 2. The molecule has 0 aromatic carbocycles. The lowest BCUT2D eigenvalue weighted by Crippen LogP contribution is -2.33. The van der Waals surface area contributed by atoms with E-state index in [-0.39, 0.29) is 5.91 Å². The maximum atomic E-state index is 10.6. The molecular formula is C13H26N2O. The third-order valence-corrected chi connectivity index (χ3v) is 3.65. The minimum atomic E-state index is 0.0604. The Morgan fingerprint density at radius 1 is 1.12 bits per heavy atom. The molecule has 0 radical (unpaired) electrons. The Labute approximate surface area is 99.4 Å². The highest BCUT2D eigenvalue weighted by molar-refractivity contribution is 5.72. The van der Waals surface area contributed by atoms with Gasteiger partial charge in [-0.1, -0.05) is 26.2 Å². The van der Waals surface area contributed by atoms with Gasteiger partial charge in [0.2, 0.25) is 5.91 Å². The summed E-state index contributed by atoms with van der Waals surface area (Å²) < 4.78 is 0. The number of hydrogen-bond acceptors (Lipinski definition) is 2. The molecule has 0 unspecified atom stereocenters. The lowest BCUT2D eigenvalue weighted by Gasteiger charge is -2.27. The van der Waals surface area contributed by atoms with Crippen molar-refractivity contribution in [2.45, 2.75) is 46.0 Å². The molecule has 3 heteroatoms. The Morgan fingerprint density at radius 3 is 2.31 bits per heavy atom. The van der Waals surface area contributed by atoms with Crippen molar-refractivity contribution in [2.24, 2.45) is 11.8 Å². The predicted molar refractivity (Wildman–Crippen MR) is 67.3 cm³/mol. The van der Waals surface area contributed by atoms with Crippen LogP contribution in [0.25, 0.3) is 0 Å². The van der Waals surface area contributed by atoms with Crippen LogP contribution in [0.1, 0.15) is 46.0 Å². The van der Waals surface area contributed by atoms with Crippen LogP contribution >= 0.6 is 0 Å². The van der Waals surface area contributed by atoms with Crippen molar-refractivity contribution in [1.29, 1.82) is 0 Å². The number of rotatable bonds is 6. The maximum absolute atomic E-state index is 10.6. The van der Waals surface area contributed by atoms with E-state index in [4.69, 9.17) is 0 Å². The van der Waals surface area contributed by atoms with Gasteiger partial charge in [0.15, 0.2) is 0 Å². The number of amides is 1. The van der Waals surface area contributed by atoms with E-state index >= 15 is 0 Å². The van der Waals surface area contributed by atoms with Crippen LogP contribution in [0, 0.1) is 11.8 Å². The molecular weight excluding hydrogens is 200 g/mol. The molecule has 0 aliphatic heterocycles. The second-order valence-electron chi connectivity index (χ2n) is 4.98. The van der Waals surface area contributed by atoms with Crippen LogP contribution < -0.4 is 10.6 Å². The molecule has 1 fully saturated rings. The fourth-order valence-electron chi connectivity index (χ4n) is 2.48. The molecule has 3 nitrogen and oxygen atoms in total. The van der Waals surface area contributed by atoms with Crippen molar-refractivity contribution in [1.82, 2.24) is 10.6 Å². The Bertz CT molecular complexity index is 198. The summed E-state index contributed by atoms with van der Waals surface area (Å²) in [6.07, 6.45) is 6.93. The predicted octanol–water partition coefficient (Wildman–Crippen LogP) is 1.93. The average molecular weight is 226 g/mol. The monoisotopic (exact) mass is 226 g/mol. The molecule has 0 bridgehead atoms. The van der Waals surface area contributed by atoms with Crippen molar-refractivity contribution in [2.75, 3.05) is 19.6 Å². The molecule has 0 saturated heterocycles. The minimum absolute atomic E-state index is 0.0604. The third-order valence-electron chi connectivity index (χ3n) is 3.65. The number of carbonyl (C=O) groups excluding carboxylic acids is 1. The van der Waals surface area contributed by atoms with Gasteiger partial charge in [0.05, 0.1) is 0 Å². The largest absolute Gasteiger partial charge is 0.355 e. The van der Waals surface area contributed by atoms with E-state index < -0.39 is 0 Å². The van der Waals surface area contributed by atoms with E-state index in [1.54, 1.807) is 6.92 Å². The van der Waals surface area contributed by atoms with Gasteiger partial charge in [-0.3, -0.25) is 4.79 Å². The van der Waals surface area contributed by atoms with E-state index in [2.05, 4.69) is 17.6 Å². The van der Waals surface area contributed by atoms with E-state index in [0.717, 1.165) is 31.5 Å². The molecule has 0 atom stereocenters. The molecule has 1 rings (SSSR count). The fourth-order valence-corrected chi connectivity index (χ4v) is 2.48. The molecule has 2 N–H and O–H groups in total. The van der Waals surface area contributed by atoms with Crippen molar-refractivity contribution in [3.8, 4) is 0 Å². The van der Waals surface area contributed by atoms with Crippen molar-refractivity contribution >= 4 is 5.91 Å². The first-order chi connectivity index (χ1) is 7.72. The summed E-state index contributed by atoms with van der Waals surface area (Å²) in [5.74, 6) is 1.90. The summed E-state index contributed by atoms with van der Waals surface area (Å²) >= 11 is 0. The van der Waals surface area contributed by atoms with Crippen LogP contribution in [0.5, 0.6) is 0 Å². The normalized spacial score (nSPS) is 25.4. The third kappa shape index (κ3) is 5.50. The van der Waals surface area contributed by atoms with E-state index in [0.29, 0.717) is 0 Å². The fraction of sp³-hybridized carbons (Fsp3) is 0.923. The highest BCUT2D eigenvalue weighted by Crippen LogP contribution is 2.29. The zero-order valence-corrected chi connectivity index (χ0v) is 10.7. The summed E-state index contributed by atoms with van der Waals surface area (Å²) in [4.78, 5) is 10.6. The second kappa shape index (κ2) is 7.66. The Balaban J connectivity index is 1.96. The van der Waals surface area contributed by atoms with Gasteiger partial charge in [0.25, 0.3) is 0 Å². The summed E-state index contributed by atoms with van der Waals surface area (Å²) in [5.41, 5.74) is 0. The average Bonchev–Trinajstić information content (AvgIpc) is 2.29. The van der Waals surface area contributed by atoms with Crippen molar-refractivity contribution < 1.29 is 4.79 Å². The van der Waals surface area contributed by atoms with Gasteiger partial charge in [-0.15, -0.1) is 0 Å². The quantitative estimate of drug-likeness (QED) is 0.679. The Morgan fingerprint density at radius 2 is 1.75 bits per heavy atom. The summed E-state index contributed by atoms with van der Waals surface area (Å²) in [5, 5.41) is 6.23. The van der Waals surface area contributed by atoms with E-state index in [9.17, 15) is 4.79 Å². The lowest BCUT2D eigenvalue weighted by molar-refractivity contribution is -0.118. The van der Waals surface area contributed by atoms with Crippen LogP contribution in [0.2, 0.25) is 0 Å². The summed E-state index contributed by atoms with van der Waals surface area (Å²) in [6, 6.07) is 0. The molecule has 1 amide bonds. The Kier molecular flexibility index (Phi) is 6.46. The SMILES string of the molecule is CCC1CCC(CNCCNC(C)=O)CC1. The molecule has 1 saturated carbocycles. The highest BCUT2D eigenvalue weighted by atomic mass is 16.1. The van der Waals surface area contributed by atoms with Gasteiger partial charge in [-0.2, -0.15) is 0 Å². The van der Waals surface area contributed by atoms with Gasteiger partial charge in [-0.25, -0.2) is 0 Å². The zero-order chi connectivity index (χ0) is 11.8. The Hall–Kier alpha value is -0.570.